The summed E-state index contributed by atoms with van der Waals surface area (Å²) in [6.45, 7) is 6.57. The van der Waals surface area contributed by atoms with Crippen LogP contribution in [0, 0.1) is 0 Å². The van der Waals surface area contributed by atoms with Crippen molar-refractivity contribution in [3.8, 4) is 0 Å². The predicted molar refractivity (Wildman–Crippen MR) is 37.7 cm³/mol. The second-order valence-corrected chi connectivity index (χ2v) is 4.68. The van der Waals surface area contributed by atoms with Gasteiger partial charge in [0, 0.05) is 0 Å². The summed E-state index contributed by atoms with van der Waals surface area (Å²) in [4.78, 5) is 0. The minimum absolute atomic E-state index is 0.281. The quantitative estimate of drug-likeness (QED) is 0.565. The number of hydrogen-bond donors (Lipinski definition) is 0. The molecule has 0 aliphatic carbocycles. The first-order chi connectivity index (χ1) is 4.11. The summed E-state index contributed by atoms with van der Waals surface area (Å²) < 4.78 is 5.31. The molecule has 0 unspecified atom stereocenters. The fourth-order valence-corrected chi connectivity index (χ4v) is 1.65. The molecule has 1 rings (SSSR count). The van der Waals surface area contributed by atoms with Crippen molar-refractivity contribution < 1.29 is 0 Å². The molecule has 9 heavy (non-hydrogen) atoms. The molecule has 0 aliphatic heterocycles. The summed E-state index contributed by atoms with van der Waals surface area (Å²) >= 11 is 0.290. The monoisotopic (exact) mass is 190 g/mol. The fraction of sp³-hybridized carbons (Fsp3) is 0.667. The van der Waals surface area contributed by atoms with E-state index in [2.05, 4.69) is 30.0 Å². The van der Waals surface area contributed by atoms with Crippen molar-refractivity contribution in [1.29, 1.82) is 0 Å². The summed E-state index contributed by atoms with van der Waals surface area (Å²) in [6.07, 6.45) is 1.89. The third-order valence-electron chi connectivity index (χ3n) is 1.10. The Kier molecular flexibility index (Phi) is 1.73. The fourth-order valence-electron chi connectivity index (χ4n) is 0.498. The molecule has 1 aromatic heterocycles. The van der Waals surface area contributed by atoms with Crippen molar-refractivity contribution >= 4 is 14.7 Å². The zero-order chi connectivity index (χ0) is 6.91. The zero-order valence-corrected chi connectivity index (χ0v) is 7.59. The van der Waals surface area contributed by atoms with Gasteiger partial charge in [0.05, 0.1) is 0 Å². The van der Waals surface area contributed by atoms with Gasteiger partial charge in [-0.05, 0) is 0 Å². The van der Waals surface area contributed by atoms with Crippen molar-refractivity contribution in [3.05, 3.63) is 10.6 Å². The van der Waals surface area contributed by atoms with Gasteiger partial charge in [-0.25, -0.2) is 0 Å². The molecule has 3 heteroatoms. The van der Waals surface area contributed by atoms with Gasteiger partial charge in [0.25, 0.3) is 0 Å². The Bertz CT molecular complexity index is 173. The molecule has 0 saturated heterocycles. The Morgan fingerprint density at radius 2 is 2.11 bits per heavy atom. The van der Waals surface area contributed by atoms with Gasteiger partial charge < -0.3 is 0 Å². The standard InChI is InChI=1S/C6H10N2Se/c1-6(2,3)5-4-7-8-9-5/h4H,1-3H3. The molecule has 0 fully saturated rings. The number of nitrogens with zero attached hydrogens (tertiary/aromatic N) is 2. The van der Waals surface area contributed by atoms with E-state index in [0.717, 1.165) is 0 Å². The van der Waals surface area contributed by atoms with Crippen molar-refractivity contribution in [2.24, 2.45) is 0 Å². The van der Waals surface area contributed by atoms with Crippen LogP contribution in [0.2, 0.25) is 0 Å². The normalized spacial score (nSPS) is 11.9. The summed E-state index contributed by atoms with van der Waals surface area (Å²) in [5, 5.41) is 3.82. The molecule has 0 amide bonds. The molecule has 50 valence electrons. The van der Waals surface area contributed by atoms with E-state index >= 15 is 0 Å². The Morgan fingerprint density at radius 3 is 2.33 bits per heavy atom. The average molecular weight is 189 g/mol. The number of rotatable bonds is 0. The van der Waals surface area contributed by atoms with Crippen LogP contribution in [0.4, 0.5) is 0 Å². The number of aromatic nitrogens is 2. The van der Waals surface area contributed by atoms with Gasteiger partial charge in [0.1, 0.15) is 0 Å². The van der Waals surface area contributed by atoms with E-state index in [4.69, 9.17) is 0 Å². The maximum absolute atomic E-state index is 3.93. The van der Waals surface area contributed by atoms with Crippen LogP contribution < -0.4 is 0 Å². The topological polar surface area (TPSA) is 25.8 Å². The Hall–Kier alpha value is -0.141. The van der Waals surface area contributed by atoms with Crippen molar-refractivity contribution in [3.63, 3.8) is 0 Å². The summed E-state index contributed by atoms with van der Waals surface area (Å²) in [6, 6.07) is 0. The van der Waals surface area contributed by atoms with Crippen molar-refractivity contribution in [2.45, 2.75) is 26.2 Å². The molecule has 0 atom stereocenters. The predicted octanol–water partition coefficient (Wildman–Crippen LogP) is 0.831. The molecular formula is C6H10N2Se. The van der Waals surface area contributed by atoms with E-state index in [-0.39, 0.29) is 20.1 Å². The molecule has 1 heterocycles. The van der Waals surface area contributed by atoms with Crippen LogP contribution >= 0.6 is 0 Å². The van der Waals surface area contributed by atoms with Gasteiger partial charge in [-0.1, -0.05) is 0 Å². The maximum atomic E-state index is 3.93. The average Bonchev–Trinajstić information content (AvgIpc) is 2.08. The van der Waals surface area contributed by atoms with Gasteiger partial charge >= 0.3 is 60.7 Å². The van der Waals surface area contributed by atoms with Crippen LogP contribution in [0.5, 0.6) is 0 Å². The first-order valence-electron chi connectivity index (χ1n) is 2.88. The third kappa shape index (κ3) is 1.63. The second kappa shape index (κ2) is 2.24. The molecule has 0 radical (unpaired) electrons. The Balaban J connectivity index is 2.90. The molecule has 2 nitrogen and oxygen atoms in total. The molecule has 0 bridgehead atoms. The van der Waals surface area contributed by atoms with E-state index in [1.54, 1.807) is 0 Å². The van der Waals surface area contributed by atoms with E-state index in [0.29, 0.717) is 0 Å². The Morgan fingerprint density at radius 1 is 1.44 bits per heavy atom. The minimum atomic E-state index is 0.281. The van der Waals surface area contributed by atoms with E-state index < -0.39 is 0 Å². The summed E-state index contributed by atoms with van der Waals surface area (Å²) in [5.74, 6) is 0. The van der Waals surface area contributed by atoms with Gasteiger partial charge in [0.15, 0.2) is 0 Å². The summed E-state index contributed by atoms with van der Waals surface area (Å²) in [5.41, 5.74) is 0.281. The molecular weight excluding hydrogens is 179 g/mol. The molecule has 0 saturated carbocycles. The molecule has 0 aromatic carbocycles. The van der Waals surface area contributed by atoms with Crippen molar-refractivity contribution in [2.75, 3.05) is 0 Å². The molecule has 0 N–H and O–H groups in total. The third-order valence-corrected chi connectivity index (χ3v) is 3.39. The second-order valence-electron chi connectivity index (χ2n) is 3.03. The first kappa shape index (κ1) is 6.97. The van der Waals surface area contributed by atoms with Gasteiger partial charge in [0.2, 0.25) is 0 Å². The molecule has 0 spiro atoms. The SMILES string of the molecule is CC(C)(C)c1cnn[se]1. The van der Waals surface area contributed by atoms with Gasteiger partial charge in [-0.3, -0.25) is 0 Å². The van der Waals surface area contributed by atoms with Crippen LogP contribution in [0.1, 0.15) is 25.2 Å². The van der Waals surface area contributed by atoms with Gasteiger partial charge in [-0.2, -0.15) is 0 Å². The summed E-state index contributed by atoms with van der Waals surface area (Å²) in [7, 11) is 0. The van der Waals surface area contributed by atoms with E-state index in [9.17, 15) is 0 Å². The Labute approximate surface area is 61.3 Å². The van der Waals surface area contributed by atoms with Crippen LogP contribution in [-0.2, 0) is 5.41 Å². The van der Waals surface area contributed by atoms with Crippen molar-refractivity contribution in [1.82, 2.24) is 9.19 Å². The van der Waals surface area contributed by atoms with Crippen LogP contribution in [-0.4, -0.2) is 23.9 Å². The van der Waals surface area contributed by atoms with E-state index in [1.807, 2.05) is 6.20 Å². The van der Waals surface area contributed by atoms with E-state index in [1.165, 1.54) is 4.44 Å². The zero-order valence-electron chi connectivity index (χ0n) is 5.88. The first-order valence-corrected chi connectivity index (χ1v) is 4.51. The van der Waals surface area contributed by atoms with Crippen LogP contribution in [0.3, 0.4) is 0 Å². The van der Waals surface area contributed by atoms with Gasteiger partial charge in [-0.15, -0.1) is 0 Å². The van der Waals surface area contributed by atoms with Crippen LogP contribution in [0.25, 0.3) is 0 Å². The number of hydrogen-bond acceptors (Lipinski definition) is 2. The molecule has 1 aromatic rings. The molecule has 0 aliphatic rings. The van der Waals surface area contributed by atoms with Crippen LogP contribution in [0.15, 0.2) is 6.20 Å².